The monoisotopic (exact) mass is 271 g/mol. The van der Waals surface area contributed by atoms with E-state index < -0.39 is 5.60 Å². The maximum absolute atomic E-state index is 10.4. The predicted molar refractivity (Wildman–Crippen MR) is 75.5 cm³/mol. The highest BCUT2D eigenvalue weighted by molar-refractivity contribution is 5.85. The standard InChI is InChI=1S/C14H21NO2.ClH/c1-14(16,13-9-5-6-10-15-13)11-17-12-7-3-2-4-8-12;/h2-4,7-8,13,15-16H,5-6,9-11H2,1H3;1H. The van der Waals surface area contributed by atoms with Crippen LogP contribution in [0.1, 0.15) is 26.2 Å². The first-order chi connectivity index (χ1) is 8.18. The summed E-state index contributed by atoms with van der Waals surface area (Å²) in [4.78, 5) is 0. The molecule has 0 bridgehead atoms. The van der Waals surface area contributed by atoms with Gasteiger partial charge in [0.25, 0.3) is 0 Å². The van der Waals surface area contributed by atoms with Crippen molar-refractivity contribution in [2.45, 2.75) is 37.8 Å². The van der Waals surface area contributed by atoms with Crippen LogP contribution in [0.25, 0.3) is 0 Å². The molecule has 18 heavy (non-hydrogen) atoms. The van der Waals surface area contributed by atoms with Crippen molar-refractivity contribution in [3.8, 4) is 5.75 Å². The fourth-order valence-electron chi connectivity index (χ4n) is 2.23. The molecule has 0 radical (unpaired) electrons. The first-order valence-corrected chi connectivity index (χ1v) is 6.32. The van der Waals surface area contributed by atoms with Crippen LogP contribution >= 0.6 is 12.4 Å². The number of piperidine rings is 1. The Balaban J connectivity index is 0.00000162. The predicted octanol–water partition coefficient (Wildman–Crippen LogP) is 2.38. The molecular formula is C14H22ClNO2. The van der Waals surface area contributed by atoms with Crippen molar-refractivity contribution in [2.75, 3.05) is 13.2 Å². The van der Waals surface area contributed by atoms with Crippen LogP contribution in [0.3, 0.4) is 0 Å². The summed E-state index contributed by atoms with van der Waals surface area (Å²) in [5.74, 6) is 0.809. The topological polar surface area (TPSA) is 41.5 Å². The molecule has 1 aromatic rings. The van der Waals surface area contributed by atoms with Gasteiger partial charge >= 0.3 is 0 Å². The van der Waals surface area contributed by atoms with Crippen molar-refractivity contribution in [1.82, 2.24) is 5.32 Å². The minimum Gasteiger partial charge on any atom is -0.491 e. The normalized spacial score (nSPS) is 22.7. The smallest absolute Gasteiger partial charge is 0.119 e. The van der Waals surface area contributed by atoms with Gasteiger partial charge in [0.2, 0.25) is 0 Å². The number of aliphatic hydroxyl groups is 1. The Bertz CT molecular complexity index is 337. The van der Waals surface area contributed by atoms with Gasteiger partial charge in [0.1, 0.15) is 18.0 Å². The molecule has 2 rings (SSSR count). The average Bonchev–Trinajstić information content (AvgIpc) is 2.39. The molecule has 2 N–H and O–H groups in total. The molecule has 1 saturated heterocycles. The van der Waals surface area contributed by atoms with E-state index in [1.807, 2.05) is 37.3 Å². The Hall–Kier alpha value is -0.770. The second kappa shape index (κ2) is 6.98. The maximum Gasteiger partial charge on any atom is 0.119 e. The molecule has 0 aliphatic carbocycles. The Morgan fingerprint density at radius 2 is 2.06 bits per heavy atom. The lowest BCUT2D eigenvalue weighted by Crippen LogP contribution is -2.54. The molecule has 3 nitrogen and oxygen atoms in total. The molecule has 2 unspecified atom stereocenters. The van der Waals surface area contributed by atoms with Gasteiger partial charge in [-0.05, 0) is 38.4 Å². The number of ether oxygens (including phenoxy) is 1. The van der Waals surface area contributed by atoms with Crippen LogP contribution in [0.15, 0.2) is 30.3 Å². The van der Waals surface area contributed by atoms with Crippen LogP contribution in [0.2, 0.25) is 0 Å². The summed E-state index contributed by atoms with van der Waals surface area (Å²) in [6.07, 6.45) is 3.40. The fraction of sp³-hybridized carbons (Fsp3) is 0.571. The minimum atomic E-state index is -0.809. The van der Waals surface area contributed by atoms with Gasteiger partial charge in [-0.3, -0.25) is 0 Å². The number of hydrogen-bond donors (Lipinski definition) is 2. The molecule has 4 heteroatoms. The zero-order valence-electron chi connectivity index (χ0n) is 10.8. The Morgan fingerprint density at radius 3 is 2.67 bits per heavy atom. The van der Waals surface area contributed by atoms with Gasteiger partial charge in [-0.1, -0.05) is 24.6 Å². The summed E-state index contributed by atoms with van der Waals surface area (Å²) in [6, 6.07) is 9.77. The van der Waals surface area contributed by atoms with Gasteiger partial charge in [0.05, 0.1) is 0 Å². The molecule has 1 aliphatic heterocycles. The van der Waals surface area contributed by atoms with Crippen molar-refractivity contribution >= 4 is 12.4 Å². The van der Waals surface area contributed by atoms with Crippen LogP contribution in [-0.4, -0.2) is 29.9 Å². The Morgan fingerprint density at radius 1 is 1.33 bits per heavy atom. The summed E-state index contributed by atoms with van der Waals surface area (Å²) in [5, 5.41) is 13.8. The van der Waals surface area contributed by atoms with Crippen molar-refractivity contribution < 1.29 is 9.84 Å². The number of benzene rings is 1. The summed E-state index contributed by atoms with van der Waals surface area (Å²) in [6.45, 7) is 3.17. The first-order valence-electron chi connectivity index (χ1n) is 6.32. The zero-order valence-corrected chi connectivity index (χ0v) is 11.6. The van der Waals surface area contributed by atoms with Gasteiger partial charge in [-0.2, -0.15) is 0 Å². The van der Waals surface area contributed by atoms with E-state index in [2.05, 4.69) is 5.32 Å². The van der Waals surface area contributed by atoms with Gasteiger partial charge in [-0.25, -0.2) is 0 Å². The van der Waals surface area contributed by atoms with Crippen molar-refractivity contribution in [2.24, 2.45) is 0 Å². The number of para-hydroxylation sites is 1. The highest BCUT2D eigenvalue weighted by Crippen LogP contribution is 2.20. The second-order valence-electron chi connectivity index (χ2n) is 4.96. The molecule has 1 aromatic carbocycles. The van der Waals surface area contributed by atoms with E-state index in [0.717, 1.165) is 18.7 Å². The molecule has 1 fully saturated rings. The van der Waals surface area contributed by atoms with Crippen molar-refractivity contribution in [3.05, 3.63) is 30.3 Å². The van der Waals surface area contributed by atoms with Crippen LogP contribution in [0.4, 0.5) is 0 Å². The van der Waals surface area contributed by atoms with Crippen LogP contribution in [0.5, 0.6) is 5.75 Å². The van der Waals surface area contributed by atoms with Gasteiger partial charge in [0.15, 0.2) is 0 Å². The molecule has 102 valence electrons. The quantitative estimate of drug-likeness (QED) is 0.884. The van der Waals surface area contributed by atoms with E-state index >= 15 is 0 Å². The van der Waals surface area contributed by atoms with E-state index in [0.29, 0.717) is 6.61 Å². The molecule has 1 heterocycles. The average molecular weight is 272 g/mol. The largest absolute Gasteiger partial charge is 0.491 e. The molecule has 0 saturated carbocycles. The van der Waals surface area contributed by atoms with E-state index in [9.17, 15) is 5.11 Å². The van der Waals surface area contributed by atoms with E-state index in [1.165, 1.54) is 12.8 Å². The lowest BCUT2D eigenvalue weighted by molar-refractivity contribution is -0.0276. The first kappa shape index (κ1) is 15.3. The molecule has 1 aliphatic rings. The molecule has 0 aromatic heterocycles. The van der Waals surface area contributed by atoms with Gasteiger partial charge in [0, 0.05) is 6.04 Å². The third-order valence-electron chi connectivity index (χ3n) is 3.34. The number of nitrogens with one attached hydrogen (secondary N) is 1. The van der Waals surface area contributed by atoms with Crippen LogP contribution in [0, 0.1) is 0 Å². The number of halogens is 1. The van der Waals surface area contributed by atoms with Crippen molar-refractivity contribution in [1.29, 1.82) is 0 Å². The summed E-state index contributed by atoms with van der Waals surface area (Å²) < 4.78 is 5.63. The Labute approximate surface area is 115 Å². The van der Waals surface area contributed by atoms with E-state index in [1.54, 1.807) is 0 Å². The fourth-order valence-corrected chi connectivity index (χ4v) is 2.23. The summed E-state index contributed by atoms with van der Waals surface area (Å²) in [5.41, 5.74) is -0.809. The number of rotatable bonds is 4. The summed E-state index contributed by atoms with van der Waals surface area (Å²) >= 11 is 0. The van der Waals surface area contributed by atoms with Crippen LogP contribution < -0.4 is 10.1 Å². The molecular weight excluding hydrogens is 250 g/mol. The minimum absolute atomic E-state index is 0. The van der Waals surface area contributed by atoms with Crippen LogP contribution in [-0.2, 0) is 0 Å². The lowest BCUT2D eigenvalue weighted by Gasteiger charge is -2.36. The third-order valence-corrected chi connectivity index (χ3v) is 3.34. The second-order valence-corrected chi connectivity index (χ2v) is 4.96. The number of hydrogen-bond acceptors (Lipinski definition) is 3. The highest BCUT2D eigenvalue weighted by atomic mass is 35.5. The van der Waals surface area contributed by atoms with Gasteiger partial charge < -0.3 is 15.2 Å². The van der Waals surface area contributed by atoms with E-state index in [4.69, 9.17) is 4.74 Å². The lowest BCUT2D eigenvalue weighted by atomic mass is 9.90. The van der Waals surface area contributed by atoms with Gasteiger partial charge in [-0.15, -0.1) is 12.4 Å². The summed E-state index contributed by atoms with van der Waals surface area (Å²) in [7, 11) is 0. The molecule has 0 amide bonds. The Kier molecular flexibility index (Phi) is 5.93. The van der Waals surface area contributed by atoms with E-state index in [-0.39, 0.29) is 18.4 Å². The molecule has 0 spiro atoms. The zero-order chi connectivity index (χ0) is 12.1. The SMILES string of the molecule is CC(O)(COc1ccccc1)C1CCCCN1.Cl. The third kappa shape index (κ3) is 4.16. The van der Waals surface area contributed by atoms with Crippen molar-refractivity contribution in [3.63, 3.8) is 0 Å². The molecule has 2 atom stereocenters. The maximum atomic E-state index is 10.4. The highest BCUT2D eigenvalue weighted by Gasteiger charge is 2.33.